The van der Waals surface area contributed by atoms with Crippen molar-refractivity contribution in [3.63, 3.8) is 0 Å². The van der Waals surface area contributed by atoms with Crippen molar-refractivity contribution in [3.8, 4) is 11.4 Å². The number of hydrogen-bond donors (Lipinski definition) is 2. The number of imidazole rings is 1. The Hall–Kier alpha value is -2.63. The van der Waals surface area contributed by atoms with Gasteiger partial charge in [-0.3, -0.25) is 4.79 Å². The summed E-state index contributed by atoms with van der Waals surface area (Å²) in [7, 11) is 0. The Balaban J connectivity index is 1.61. The predicted octanol–water partition coefficient (Wildman–Crippen LogP) is 5.13. The van der Waals surface area contributed by atoms with E-state index >= 15 is 0 Å². The van der Waals surface area contributed by atoms with Gasteiger partial charge in [-0.15, -0.1) is 11.3 Å². The smallest absolute Gasteiger partial charge is 0.229 e. The monoisotopic (exact) mass is 367 g/mol. The van der Waals surface area contributed by atoms with E-state index in [0.29, 0.717) is 23.0 Å². The highest BCUT2D eigenvalue weighted by molar-refractivity contribution is 7.10. The number of fused-ring (bicyclic) bond motifs is 1. The van der Waals surface area contributed by atoms with Gasteiger partial charge in [0, 0.05) is 16.1 Å². The molecule has 0 saturated carbocycles. The second-order valence-electron chi connectivity index (χ2n) is 5.60. The van der Waals surface area contributed by atoms with Crippen LogP contribution in [0.1, 0.15) is 4.88 Å². The number of aromatic amines is 1. The molecule has 0 aliphatic carbocycles. The minimum atomic E-state index is -0.0553. The molecule has 25 heavy (non-hydrogen) atoms. The lowest BCUT2D eigenvalue weighted by Crippen LogP contribution is -2.13. The van der Waals surface area contributed by atoms with E-state index < -0.39 is 0 Å². The van der Waals surface area contributed by atoms with E-state index in [0.717, 1.165) is 21.5 Å². The predicted molar refractivity (Wildman–Crippen MR) is 103 cm³/mol. The number of carbonyl (C=O) groups is 1. The third-order valence-corrected chi connectivity index (χ3v) is 5.02. The maximum atomic E-state index is 12.2. The summed E-state index contributed by atoms with van der Waals surface area (Å²) in [5.41, 5.74) is 3.27. The second kappa shape index (κ2) is 6.70. The molecule has 0 saturated heterocycles. The van der Waals surface area contributed by atoms with Gasteiger partial charge >= 0.3 is 0 Å². The quantitative estimate of drug-likeness (QED) is 0.525. The highest BCUT2D eigenvalue weighted by Crippen LogP contribution is 2.30. The molecule has 4 rings (SSSR count). The topological polar surface area (TPSA) is 57.8 Å². The molecule has 0 unspecified atom stereocenters. The van der Waals surface area contributed by atoms with Gasteiger partial charge in [-0.1, -0.05) is 29.8 Å². The molecule has 1 amide bonds. The van der Waals surface area contributed by atoms with Crippen LogP contribution < -0.4 is 5.32 Å². The average Bonchev–Trinajstić information content (AvgIpc) is 3.25. The Labute approximate surface area is 153 Å². The van der Waals surface area contributed by atoms with Crippen LogP contribution in [0.25, 0.3) is 22.4 Å². The molecule has 124 valence electrons. The van der Waals surface area contributed by atoms with Crippen molar-refractivity contribution < 1.29 is 4.79 Å². The fraction of sp³-hybridized carbons (Fsp3) is 0.0526. The average molecular weight is 368 g/mol. The molecule has 0 atom stereocenters. The Kier molecular flexibility index (Phi) is 4.26. The van der Waals surface area contributed by atoms with E-state index in [1.807, 2.05) is 47.8 Å². The molecule has 2 aromatic heterocycles. The summed E-state index contributed by atoms with van der Waals surface area (Å²) in [5.74, 6) is 0.626. The zero-order valence-electron chi connectivity index (χ0n) is 13.1. The van der Waals surface area contributed by atoms with Gasteiger partial charge in [-0.25, -0.2) is 4.98 Å². The molecular weight excluding hydrogens is 354 g/mol. The van der Waals surface area contributed by atoms with E-state index in [9.17, 15) is 4.79 Å². The number of carbonyl (C=O) groups excluding carboxylic acids is 1. The molecule has 0 radical (unpaired) electrons. The van der Waals surface area contributed by atoms with Gasteiger partial charge in [0.15, 0.2) is 0 Å². The van der Waals surface area contributed by atoms with Crippen molar-refractivity contribution in [2.24, 2.45) is 0 Å². The van der Waals surface area contributed by atoms with Crippen LogP contribution in [0, 0.1) is 0 Å². The number of benzene rings is 2. The lowest BCUT2D eigenvalue weighted by atomic mass is 10.2. The Morgan fingerprint density at radius 2 is 2.04 bits per heavy atom. The molecule has 2 N–H and O–H groups in total. The lowest BCUT2D eigenvalue weighted by Gasteiger charge is -2.07. The van der Waals surface area contributed by atoms with E-state index in [2.05, 4.69) is 15.3 Å². The summed E-state index contributed by atoms with van der Waals surface area (Å²) in [4.78, 5) is 21.1. The fourth-order valence-electron chi connectivity index (χ4n) is 2.64. The van der Waals surface area contributed by atoms with E-state index in [1.165, 1.54) is 0 Å². The molecule has 0 aliphatic heterocycles. The number of anilines is 1. The van der Waals surface area contributed by atoms with Gasteiger partial charge < -0.3 is 10.3 Å². The van der Waals surface area contributed by atoms with Gasteiger partial charge in [0.05, 0.1) is 22.5 Å². The van der Waals surface area contributed by atoms with Gasteiger partial charge in [0.25, 0.3) is 0 Å². The number of nitrogens with zero attached hydrogens (tertiary/aromatic N) is 1. The van der Waals surface area contributed by atoms with Crippen molar-refractivity contribution in [3.05, 3.63) is 69.9 Å². The number of nitrogens with one attached hydrogen (secondary N) is 2. The molecule has 2 heterocycles. The third-order valence-electron chi connectivity index (χ3n) is 3.81. The van der Waals surface area contributed by atoms with Gasteiger partial charge in [-0.2, -0.15) is 0 Å². The molecule has 2 aromatic carbocycles. The standard InChI is InChI=1S/C19H14ClN3OS/c20-15-8-7-12(21-18(24)11-13-4-3-9-25-13)10-14(15)19-22-16-5-1-2-6-17(16)23-19/h1-10H,11H2,(H,21,24)(H,22,23). The molecule has 0 aliphatic rings. The first-order valence-electron chi connectivity index (χ1n) is 7.76. The van der Waals surface area contributed by atoms with Crippen LogP contribution in [0.2, 0.25) is 5.02 Å². The minimum absolute atomic E-state index is 0.0553. The first kappa shape index (κ1) is 15.9. The Morgan fingerprint density at radius 1 is 1.16 bits per heavy atom. The summed E-state index contributed by atoms with van der Waals surface area (Å²) in [6.45, 7) is 0. The summed E-state index contributed by atoms with van der Waals surface area (Å²) >= 11 is 7.91. The van der Waals surface area contributed by atoms with Crippen molar-refractivity contribution >= 4 is 45.6 Å². The third kappa shape index (κ3) is 3.43. The SMILES string of the molecule is O=C(Cc1cccs1)Nc1ccc(Cl)c(-c2nc3ccccc3[nH]2)c1. The molecule has 4 nitrogen and oxygen atoms in total. The van der Waals surface area contributed by atoms with Crippen LogP contribution in [-0.2, 0) is 11.2 Å². The highest BCUT2D eigenvalue weighted by Gasteiger charge is 2.11. The van der Waals surface area contributed by atoms with Gasteiger partial charge in [0.2, 0.25) is 5.91 Å². The van der Waals surface area contributed by atoms with Gasteiger partial charge in [0.1, 0.15) is 5.82 Å². The van der Waals surface area contributed by atoms with E-state index in [1.54, 1.807) is 23.5 Å². The van der Waals surface area contributed by atoms with Crippen LogP contribution >= 0.6 is 22.9 Å². The number of H-pyrrole nitrogens is 1. The van der Waals surface area contributed by atoms with Crippen LogP contribution in [0.15, 0.2) is 60.0 Å². The van der Waals surface area contributed by atoms with Crippen molar-refractivity contribution in [2.45, 2.75) is 6.42 Å². The molecule has 6 heteroatoms. The van der Waals surface area contributed by atoms with E-state index in [4.69, 9.17) is 11.6 Å². The number of rotatable bonds is 4. The number of hydrogen-bond acceptors (Lipinski definition) is 3. The Bertz CT molecular complexity index is 1010. The van der Waals surface area contributed by atoms with Crippen molar-refractivity contribution in [1.82, 2.24) is 9.97 Å². The molecular formula is C19H14ClN3OS. The normalized spacial score (nSPS) is 10.9. The van der Waals surface area contributed by atoms with Crippen LogP contribution in [0.5, 0.6) is 0 Å². The number of thiophene rings is 1. The number of para-hydroxylation sites is 2. The summed E-state index contributed by atoms with van der Waals surface area (Å²) in [6.07, 6.45) is 0.361. The summed E-state index contributed by atoms with van der Waals surface area (Å²) in [5, 5.41) is 5.46. The second-order valence-corrected chi connectivity index (χ2v) is 7.04. The summed E-state index contributed by atoms with van der Waals surface area (Å²) < 4.78 is 0. The van der Waals surface area contributed by atoms with Crippen molar-refractivity contribution in [1.29, 1.82) is 0 Å². The highest BCUT2D eigenvalue weighted by atomic mass is 35.5. The van der Waals surface area contributed by atoms with Crippen LogP contribution in [-0.4, -0.2) is 15.9 Å². The van der Waals surface area contributed by atoms with Crippen LogP contribution in [0.3, 0.4) is 0 Å². The first-order chi connectivity index (χ1) is 12.2. The lowest BCUT2D eigenvalue weighted by molar-refractivity contribution is -0.115. The molecule has 4 aromatic rings. The molecule has 0 spiro atoms. The number of amides is 1. The number of halogens is 1. The largest absolute Gasteiger partial charge is 0.338 e. The Morgan fingerprint density at radius 3 is 2.84 bits per heavy atom. The fourth-order valence-corrected chi connectivity index (χ4v) is 3.55. The van der Waals surface area contributed by atoms with Gasteiger partial charge in [-0.05, 0) is 41.8 Å². The number of aromatic nitrogens is 2. The zero-order valence-corrected chi connectivity index (χ0v) is 14.7. The van der Waals surface area contributed by atoms with Crippen molar-refractivity contribution in [2.75, 3.05) is 5.32 Å². The summed E-state index contributed by atoms with van der Waals surface area (Å²) in [6, 6.07) is 17.1. The zero-order chi connectivity index (χ0) is 17.2. The van der Waals surface area contributed by atoms with Crippen LogP contribution in [0.4, 0.5) is 5.69 Å². The van der Waals surface area contributed by atoms with E-state index in [-0.39, 0.29) is 5.91 Å². The first-order valence-corrected chi connectivity index (χ1v) is 9.02. The molecule has 0 bridgehead atoms. The molecule has 0 fully saturated rings. The maximum absolute atomic E-state index is 12.2. The minimum Gasteiger partial charge on any atom is -0.338 e. The maximum Gasteiger partial charge on any atom is 0.229 e.